The molecule has 0 aliphatic heterocycles. The van der Waals surface area contributed by atoms with Gasteiger partial charge in [-0.05, 0) is 41.8 Å². The molecule has 2 aromatic carbocycles. The first-order chi connectivity index (χ1) is 11.1. The number of guanidine groups is 1. The highest BCUT2D eigenvalue weighted by Crippen LogP contribution is 2.18. The second-order valence-corrected chi connectivity index (χ2v) is 5.65. The third kappa shape index (κ3) is 6.20. The summed E-state index contributed by atoms with van der Waals surface area (Å²) < 4.78 is 5.28. The average molecular weight is 460 g/mol. The van der Waals surface area contributed by atoms with E-state index in [4.69, 9.17) is 16.3 Å². The van der Waals surface area contributed by atoms with Gasteiger partial charge in [-0.1, -0.05) is 35.9 Å². The van der Waals surface area contributed by atoms with Gasteiger partial charge in [0, 0.05) is 25.2 Å². The Balaban J connectivity index is 0.00000288. The van der Waals surface area contributed by atoms with Crippen molar-refractivity contribution in [3.8, 4) is 5.75 Å². The van der Waals surface area contributed by atoms with E-state index in [2.05, 4.69) is 21.7 Å². The first kappa shape index (κ1) is 20.6. The number of methoxy groups -OCH3 is 1. The smallest absolute Gasteiger partial charge is 0.191 e. The number of hydrogen-bond donors (Lipinski definition) is 2. The van der Waals surface area contributed by atoms with Crippen LogP contribution in [0.25, 0.3) is 0 Å². The van der Waals surface area contributed by atoms with Crippen LogP contribution < -0.4 is 15.4 Å². The molecule has 0 heterocycles. The number of aliphatic imine (C=N–C) groups is 1. The van der Waals surface area contributed by atoms with Crippen LogP contribution in [0.2, 0.25) is 5.02 Å². The molecule has 6 heteroatoms. The van der Waals surface area contributed by atoms with Crippen LogP contribution in [0.5, 0.6) is 5.75 Å². The predicted molar refractivity (Wildman–Crippen MR) is 112 cm³/mol. The molecule has 4 nitrogen and oxygen atoms in total. The Morgan fingerprint density at radius 2 is 1.75 bits per heavy atom. The Kier molecular flexibility index (Phi) is 8.92. The van der Waals surface area contributed by atoms with Gasteiger partial charge in [0.15, 0.2) is 5.96 Å². The minimum Gasteiger partial charge on any atom is -0.496 e. The van der Waals surface area contributed by atoms with Gasteiger partial charge in [-0.3, -0.25) is 4.99 Å². The molecule has 2 rings (SSSR count). The van der Waals surface area contributed by atoms with E-state index in [9.17, 15) is 0 Å². The number of rotatable bonds is 5. The van der Waals surface area contributed by atoms with Gasteiger partial charge in [0.2, 0.25) is 0 Å². The van der Waals surface area contributed by atoms with E-state index in [1.807, 2.05) is 43.3 Å². The lowest BCUT2D eigenvalue weighted by atomic mass is 10.1. The zero-order valence-corrected chi connectivity index (χ0v) is 17.2. The molecular weight excluding hydrogens is 437 g/mol. The molecule has 24 heavy (non-hydrogen) atoms. The summed E-state index contributed by atoms with van der Waals surface area (Å²) in [5.41, 5.74) is 3.41. The summed E-state index contributed by atoms with van der Waals surface area (Å²) in [6.07, 6.45) is 0. The third-order valence-electron chi connectivity index (χ3n) is 3.49. The van der Waals surface area contributed by atoms with Gasteiger partial charge in [-0.15, -0.1) is 24.0 Å². The second-order valence-electron chi connectivity index (χ2n) is 5.21. The normalized spacial score (nSPS) is 10.8. The zero-order chi connectivity index (χ0) is 16.7. The minimum absolute atomic E-state index is 0. The fourth-order valence-corrected chi connectivity index (χ4v) is 2.50. The molecule has 0 unspecified atom stereocenters. The minimum atomic E-state index is 0. The first-order valence-corrected chi connectivity index (χ1v) is 7.82. The van der Waals surface area contributed by atoms with Gasteiger partial charge in [0.25, 0.3) is 0 Å². The standard InChI is InChI=1S/C18H22ClN3O.HI/c1-13-9-15(7-8-17(13)23-3)12-22-18(20-2)21-11-14-5-4-6-16(19)10-14;/h4-10H,11-12H2,1-3H3,(H2,20,21,22);1H. The van der Waals surface area contributed by atoms with Crippen molar-refractivity contribution >= 4 is 41.5 Å². The van der Waals surface area contributed by atoms with Crippen molar-refractivity contribution < 1.29 is 4.74 Å². The molecule has 0 atom stereocenters. The summed E-state index contributed by atoms with van der Waals surface area (Å²) in [7, 11) is 3.44. The van der Waals surface area contributed by atoms with Crippen molar-refractivity contribution in [3.05, 3.63) is 64.2 Å². The van der Waals surface area contributed by atoms with Gasteiger partial charge in [-0.2, -0.15) is 0 Å². The van der Waals surface area contributed by atoms with Crippen LogP contribution in [0.4, 0.5) is 0 Å². The van der Waals surface area contributed by atoms with Crippen LogP contribution in [0.15, 0.2) is 47.5 Å². The number of nitrogens with zero attached hydrogens (tertiary/aromatic N) is 1. The van der Waals surface area contributed by atoms with Crippen molar-refractivity contribution in [3.63, 3.8) is 0 Å². The summed E-state index contributed by atoms with van der Waals surface area (Å²) >= 11 is 5.99. The van der Waals surface area contributed by atoms with E-state index in [0.29, 0.717) is 13.1 Å². The topological polar surface area (TPSA) is 45.7 Å². The van der Waals surface area contributed by atoms with Crippen molar-refractivity contribution in [1.29, 1.82) is 0 Å². The molecule has 0 saturated carbocycles. The van der Waals surface area contributed by atoms with E-state index in [-0.39, 0.29) is 24.0 Å². The molecule has 2 aromatic rings. The number of halogens is 2. The molecule has 0 amide bonds. The number of aryl methyl sites for hydroxylation is 1. The SMILES string of the molecule is CN=C(NCc1cccc(Cl)c1)NCc1ccc(OC)c(C)c1.I. The van der Waals surface area contributed by atoms with Crippen molar-refractivity contribution in [1.82, 2.24) is 10.6 Å². The number of nitrogens with one attached hydrogen (secondary N) is 2. The van der Waals surface area contributed by atoms with E-state index in [1.165, 1.54) is 5.56 Å². The highest BCUT2D eigenvalue weighted by Gasteiger charge is 2.02. The van der Waals surface area contributed by atoms with Crippen LogP contribution in [0.1, 0.15) is 16.7 Å². The monoisotopic (exact) mass is 459 g/mol. The maximum atomic E-state index is 5.99. The summed E-state index contributed by atoms with van der Waals surface area (Å²) in [5.74, 6) is 1.65. The van der Waals surface area contributed by atoms with Crippen molar-refractivity contribution in [2.24, 2.45) is 4.99 Å². The zero-order valence-electron chi connectivity index (χ0n) is 14.1. The first-order valence-electron chi connectivity index (χ1n) is 7.45. The van der Waals surface area contributed by atoms with E-state index >= 15 is 0 Å². The molecule has 0 spiro atoms. The molecule has 2 N–H and O–H groups in total. The third-order valence-corrected chi connectivity index (χ3v) is 3.73. The molecule has 130 valence electrons. The van der Waals surface area contributed by atoms with Gasteiger partial charge >= 0.3 is 0 Å². The molecule has 0 aliphatic rings. The highest BCUT2D eigenvalue weighted by atomic mass is 127. The summed E-state index contributed by atoms with van der Waals surface area (Å²) in [6, 6.07) is 13.9. The summed E-state index contributed by atoms with van der Waals surface area (Å²) in [6.45, 7) is 3.40. The molecule has 0 bridgehead atoms. The number of ether oxygens (including phenoxy) is 1. The van der Waals surface area contributed by atoms with Crippen molar-refractivity contribution in [2.75, 3.05) is 14.2 Å². The van der Waals surface area contributed by atoms with Crippen LogP contribution in [0, 0.1) is 6.92 Å². The highest BCUT2D eigenvalue weighted by molar-refractivity contribution is 14.0. The second kappa shape index (κ2) is 10.4. The summed E-state index contributed by atoms with van der Waals surface area (Å²) in [4.78, 5) is 4.23. The quantitative estimate of drug-likeness (QED) is 0.401. The maximum absolute atomic E-state index is 5.99. The van der Waals surface area contributed by atoms with E-state index < -0.39 is 0 Å². The Labute approximate surface area is 165 Å². The van der Waals surface area contributed by atoms with E-state index in [0.717, 1.165) is 27.9 Å². The Bertz CT molecular complexity index is 692. The lowest BCUT2D eigenvalue weighted by Gasteiger charge is -2.13. The maximum Gasteiger partial charge on any atom is 0.191 e. The van der Waals surface area contributed by atoms with Crippen LogP contribution in [0.3, 0.4) is 0 Å². The van der Waals surface area contributed by atoms with Gasteiger partial charge in [0.1, 0.15) is 5.75 Å². The largest absolute Gasteiger partial charge is 0.496 e. The molecule has 0 aliphatic carbocycles. The summed E-state index contributed by atoms with van der Waals surface area (Å²) in [5, 5.41) is 7.31. The van der Waals surface area contributed by atoms with Gasteiger partial charge < -0.3 is 15.4 Å². The molecule has 0 radical (unpaired) electrons. The number of benzene rings is 2. The average Bonchev–Trinajstić information content (AvgIpc) is 2.55. The van der Waals surface area contributed by atoms with Gasteiger partial charge in [0.05, 0.1) is 7.11 Å². The fourth-order valence-electron chi connectivity index (χ4n) is 2.29. The van der Waals surface area contributed by atoms with Gasteiger partial charge in [-0.25, -0.2) is 0 Å². The molecular formula is C18H23ClIN3O. The van der Waals surface area contributed by atoms with Crippen LogP contribution in [-0.4, -0.2) is 20.1 Å². The van der Waals surface area contributed by atoms with Crippen molar-refractivity contribution in [2.45, 2.75) is 20.0 Å². The Morgan fingerprint density at radius 1 is 1.08 bits per heavy atom. The van der Waals surface area contributed by atoms with E-state index in [1.54, 1.807) is 14.2 Å². The Morgan fingerprint density at radius 3 is 2.29 bits per heavy atom. The van der Waals surface area contributed by atoms with Crippen LogP contribution >= 0.6 is 35.6 Å². The Hall–Kier alpha value is -1.47. The lowest BCUT2D eigenvalue weighted by molar-refractivity contribution is 0.411. The predicted octanol–water partition coefficient (Wildman–Crippen LogP) is 4.14. The van der Waals surface area contributed by atoms with Crippen LogP contribution in [-0.2, 0) is 13.1 Å². The number of hydrogen-bond acceptors (Lipinski definition) is 2. The lowest BCUT2D eigenvalue weighted by Crippen LogP contribution is -2.36. The molecule has 0 saturated heterocycles. The molecule has 0 aromatic heterocycles. The molecule has 0 fully saturated rings. The fraction of sp³-hybridized carbons (Fsp3) is 0.278.